The third kappa shape index (κ3) is 3.68. The first-order valence-corrected chi connectivity index (χ1v) is 7.19. The van der Waals surface area contributed by atoms with Gasteiger partial charge in [0.05, 0.1) is 11.3 Å². The molecule has 0 aliphatic carbocycles. The largest absolute Gasteiger partial charge is 0.399 e. The van der Waals surface area contributed by atoms with Crippen LogP contribution < -0.4 is 10.6 Å². The fraction of sp³-hybridized carbons (Fsp3) is 0.235. The maximum atomic E-state index is 9.31. The number of halogens is 1. The molecule has 21 heavy (non-hydrogen) atoms. The molecule has 0 bridgehead atoms. The number of nitrogens with two attached hydrogens (primary N) is 1. The molecule has 3 nitrogen and oxygen atoms in total. The molecule has 0 aromatic heterocycles. The second-order valence-electron chi connectivity index (χ2n) is 5.24. The fourth-order valence-corrected chi connectivity index (χ4v) is 2.37. The van der Waals surface area contributed by atoms with Gasteiger partial charge in [-0.3, -0.25) is 0 Å². The molecule has 2 rings (SSSR count). The number of anilines is 2. The van der Waals surface area contributed by atoms with Gasteiger partial charge in [-0.25, -0.2) is 0 Å². The van der Waals surface area contributed by atoms with E-state index in [4.69, 9.17) is 17.3 Å². The average Bonchev–Trinajstić information content (AvgIpc) is 2.46. The van der Waals surface area contributed by atoms with Gasteiger partial charge in [-0.1, -0.05) is 23.7 Å². The van der Waals surface area contributed by atoms with E-state index >= 15 is 0 Å². The lowest BCUT2D eigenvalue weighted by atomic mass is 10.1. The van der Waals surface area contributed by atoms with Crippen molar-refractivity contribution in [2.75, 3.05) is 10.6 Å². The number of hydrogen-bond donors (Lipinski definition) is 1. The van der Waals surface area contributed by atoms with E-state index < -0.39 is 0 Å². The molecule has 0 unspecified atom stereocenters. The van der Waals surface area contributed by atoms with E-state index in [1.807, 2.05) is 30.3 Å². The van der Waals surface area contributed by atoms with E-state index in [1.165, 1.54) is 0 Å². The molecule has 0 heterocycles. The predicted molar refractivity (Wildman–Crippen MR) is 88.3 cm³/mol. The molecule has 0 aliphatic rings. The Kier molecular flexibility index (Phi) is 4.72. The van der Waals surface area contributed by atoms with Gasteiger partial charge in [-0.2, -0.15) is 5.26 Å². The highest BCUT2D eigenvalue weighted by Gasteiger charge is 2.15. The minimum atomic E-state index is 0.244. The number of nitrogens with zero attached hydrogens (tertiary/aromatic N) is 2. The first-order valence-electron chi connectivity index (χ1n) is 6.82. The van der Waals surface area contributed by atoms with E-state index in [0.717, 1.165) is 16.9 Å². The van der Waals surface area contributed by atoms with Crippen LogP contribution in [0, 0.1) is 11.3 Å². The molecule has 0 amide bonds. The zero-order valence-corrected chi connectivity index (χ0v) is 12.9. The quantitative estimate of drug-likeness (QED) is 0.860. The Hall–Kier alpha value is -2.18. The smallest absolute Gasteiger partial charge is 0.101 e. The summed E-state index contributed by atoms with van der Waals surface area (Å²) in [5.41, 5.74) is 9.09. The van der Waals surface area contributed by atoms with Crippen LogP contribution in [0.5, 0.6) is 0 Å². The maximum Gasteiger partial charge on any atom is 0.101 e. The summed E-state index contributed by atoms with van der Waals surface area (Å²) in [6.45, 7) is 4.89. The van der Waals surface area contributed by atoms with E-state index in [-0.39, 0.29) is 6.04 Å². The minimum absolute atomic E-state index is 0.244. The fourth-order valence-electron chi connectivity index (χ4n) is 2.20. The van der Waals surface area contributed by atoms with Crippen LogP contribution in [0.25, 0.3) is 0 Å². The first-order chi connectivity index (χ1) is 10.0. The van der Waals surface area contributed by atoms with E-state index in [1.54, 1.807) is 12.1 Å². The molecule has 0 aliphatic heterocycles. The lowest BCUT2D eigenvalue weighted by Crippen LogP contribution is -2.30. The van der Waals surface area contributed by atoms with Crippen molar-refractivity contribution in [3.63, 3.8) is 0 Å². The lowest BCUT2D eigenvalue weighted by molar-refractivity contribution is 0.682. The van der Waals surface area contributed by atoms with Crippen LogP contribution in [-0.2, 0) is 6.54 Å². The second kappa shape index (κ2) is 6.51. The van der Waals surface area contributed by atoms with Gasteiger partial charge < -0.3 is 10.6 Å². The topological polar surface area (TPSA) is 53.0 Å². The molecule has 0 spiro atoms. The van der Waals surface area contributed by atoms with E-state index in [9.17, 15) is 5.26 Å². The zero-order valence-electron chi connectivity index (χ0n) is 12.2. The van der Waals surface area contributed by atoms with E-state index in [0.29, 0.717) is 17.1 Å². The van der Waals surface area contributed by atoms with Gasteiger partial charge in [0, 0.05) is 23.3 Å². The van der Waals surface area contributed by atoms with Crippen LogP contribution in [0.1, 0.15) is 25.0 Å². The van der Waals surface area contributed by atoms with Crippen molar-refractivity contribution in [1.82, 2.24) is 0 Å². The molecule has 2 aromatic carbocycles. The standard InChI is InChI=1S/C17H18ClN3/c1-12(2)21(11-13-3-7-16(20)8-4-13)17-9-15(18)6-5-14(17)10-19/h3-9,12H,11,20H2,1-2H3. The zero-order chi connectivity index (χ0) is 15.4. The number of rotatable bonds is 4. The van der Waals surface area contributed by atoms with Gasteiger partial charge in [-0.05, 0) is 49.7 Å². The van der Waals surface area contributed by atoms with Crippen molar-refractivity contribution in [3.05, 3.63) is 58.6 Å². The van der Waals surface area contributed by atoms with Crippen molar-refractivity contribution in [2.24, 2.45) is 0 Å². The van der Waals surface area contributed by atoms with Crippen molar-refractivity contribution in [3.8, 4) is 6.07 Å². The summed E-state index contributed by atoms with van der Waals surface area (Å²) in [7, 11) is 0. The summed E-state index contributed by atoms with van der Waals surface area (Å²) in [6, 6.07) is 15.6. The van der Waals surface area contributed by atoms with Crippen LogP contribution >= 0.6 is 11.6 Å². The Balaban J connectivity index is 2.38. The van der Waals surface area contributed by atoms with Crippen molar-refractivity contribution < 1.29 is 0 Å². The van der Waals surface area contributed by atoms with Crippen LogP contribution in [0.15, 0.2) is 42.5 Å². The molecular weight excluding hydrogens is 282 g/mol. The summed E-state index contributed by atoms with van der Waals surface area (Å²) in [5.74, 6) is 0. The number of benzene rings is 2. The third-order valence-electron chi connectivity index (χ3n) is 3.35. The van der Waals surface area contributed by atoms with Crippen LogP contribution in [-0.4, -0.2) is 6.04 Å². The predicted octanol–water partition coefficient (Wildman–Crippen LogP) is 4.21. The molecule has 0 saturated carbocycles. The highest BCUT2D eigenvalue weighted by molar-refractivity contribution is 6.30. The van der Waals surface area contributed by atoms with Gasteiger partial charge in [0.25, 0.3) is 0 Å². The number of nitrogen functional groups attached to an aromatic ring is 1. The summed E-state index contributed by atoms with van der Waals surface area (Å²) in [4.78, 5) is 2.16. The second-order valence-corrected chi connectivity index (χ2v) is 5.67. The summed E-state index contributed by atoms with van der Waals surface area (Å²) in [6.07, 6.45) is 0. The lowest BCUT2D eigenvalue weighted by Gasteiger charge is -2.30. The Morgan fingerprint density at radius 2 is 1.86 bits per heavy atom. The number of hydrogen-bond acceptors (Lipinski definition) is 3. The Morgan fingerprint density at radius 3 is 2.43 bits per heavy atom. The molecule has 0 saturated heterocycles. The normalized spacial score (nSPS) is 10.4. The SMILES string of the molecule is CC(C)N(Cc1ccc(N)cc1)c1cc(Cl)ccc1C#N. The van der Waals surface area contributed by atoms with Crippen LogP contribution in [0.3, 0.4) is 0 Å². The Morgan fingerprint density at radius 1 is 1.19 bits per heavy atom. The van der Waals surface area contributed by atoms with Gasteiger partial charge in [-0.15, -0.1) is 0 Å². The summed E-state index contributed by atoms with van der Waals surface area (Å²) in [5, 5.41) is 9.94. The Bertz CT molecular complexity index is 657. The van der Waals surface area contributed by atoms with E-state index in [2.05, 4.69) is 24.8 Å². The van der Waals surface area contributed by atoms with Crippen molar-refractivity contribution in [2.45, 2.75) is 26.4 Å². The summed E-state index contributed by atoms with van der Waals surface area (Å²) < 4.78 is 0. The van der Waals surface area contributed by atoms with Gasteiger partial charge in [0.1, 0.15) is 6.07 Å². The van der Waals surface area contributed by atoms with Crippen molar-refractivity contribution in [1.29, 1.82) is 5.26 Å². The molecule has 2 aromatic rings. The molecule has 2 N–H and O–H groups in total. The molecule has 108 valence electrons. The first kappa shape index (κ1) is 15.2. The average molecular weight is 300 g/mol. The van der Waals surface area contributed by atoms with Gasteiger partial charge >= 0.3 is 0 Å². The Labute approximate surface area is 130 Å². The molecule has 0 atom stereocenters. The highest BCUT2D eigenvalue weighted by atomic mass is 35.5. The van der Waals surface area contributed by atoms with Gasteiger partial charge in [0.15, 0.2) is 0 Å². The molecule has 0 radical (unpaired) electrons. The third-order valence-corrected chi connectivity index (χ3v) is 3.58. The van der Waals surface area contributed by atoms with Crippen molar-refractivity contribution >= 4 is 23.0 Å². The number of nitriles is 1. The monoisotopic (exact) mass is 299 g/mol. The van der Waals surface area contributed by atoms with Crippen LogP contribution in [0.2, 0.25) is 5.02 Å². The van der Waals surface area contributed by atoms with Gasteiger partial charge in [0.2, 0.25) is 0 Å². The summed E-state index contributed by atoms with van der Waals surface area (Å²) >= 11 is 6.09. The molecule has 0 fully saturated rings. The maximum absolute atomic E-state index is 9.31. The molecule has 4 heteroatoms. The minimum Gasteiger partial charge on any atom is -0.399 e. The van der Waals surface area contributed by atoms with Crippen LogP contribution in [0.4, 0.5) is 11.4 Å². The molecular formula is C17H18ClN3. The highest BCUT2D eigenvalue weighted by Crippen LogP contribution is 2.27.